The van der Waals surface area contributed by atoms with E-state index in [0.717, 1.165) is 0 Å². The minimum Gasteiger partial charge on any atom is -0.479 e. The molecule has 92 valence electrons. The number of amides is 1. The maximum atomic E-state index is 11.5. The summed E-state index contributed by atoms with van der Waals surface area (Å²) in [7, 11) is 0. The van der Waals surface area contributed by atoms with Gasteiger partial charge in [-0.15, -0.1) is 0 Å². The van der Waals surface area contributed by atoms with Crippen molar-refractivity contribution in [1.82, 2.24) is 0 Å². The topological polar surface area (TPSA) is 133 Å². The summed E-state index contributed by atoms with van der Waals surface area (Å²) < 4.78 is 4.81. The van der Waals surface area contributed by atoms with Crippen molar-refractivity contribution < 1.29 is 24.2 Å². The number of carboxylic acid groups (broad SMARTS) is 1. The first-order chi connectivity index (χ1) is 6.99. The van der Waals surface area contributed by atoms with Crippen LogP contribution in [0.25, 0.3) is 0 Å². The lowest BCUT2D eigenvalue weighted by Gasteiger charge is -2.27. The molecule has 0 spiro atoms. The molecule has 0 unspecified atom stereocenters. The van der Waals surface area contributed by atoms with Crippen LogP contribution in [0.1, 0.15) is 27.2 Å². The van der Waals surface area contributed by atoms with Crippen LogP contribution in [0.5, 0.6) is 0 Å². The predicted octanol–water partition coefficient (Wildman–Crippen LogP) is -1.01. The zero-order chi connectivity index (χ0) is 13.1. The Kier molecular flexibility index (Phi) is 4.02. The monoisotopic (exact) mass is 232 g/mol. The number of hydrogen-bond donors (Lipinski definition) is 3. The summed E-state index contributed by atoms with van der Waals surface area (Å²) in [4.78, 5) is 33.0. The van der Waals surface area contributed by atoms with Crippen molar-refractivity contribution >= 4 is 17.8 Å². The Morgan fingerprint density at radius 2 is 1.69 bits per heavy atom. The molecule has 0 radical (unpaired) electrons. The van der Waals surface area contributed by atoms with E-state index in [1.807, 2.05) is 0 Å². The molecular weight excluding hydrogens is 216 g/mol. The molecule has 16 heavy (non-hydrogen) atoms. The van der Waals surface area contributed by atoms with Crippen molar-refractivity contribution in [3.8, 4) is 0 Å². The minimum absolute atomic E-state index is 0.808. The lowest BCUT2D eigenvalue weighted by molar-refractivity contribution is -0.170. The lowest BCUT2D eigenvalue weighted by atomic mass is 9.96. The molecule has 0 heterocycles. The number of esters is 1. The molecular formula is C9H16N2O5. The molecule has 7 nitrogen and oxygen atoms in total. The van der Waals surface area contributed by atoms with E-state index in [2.05, 4.69) is 0 Å². The number of nitrogens with two attached hydrogens (primary N) is 2. The number of hydrogen-bond acceptors (Lipinski definition) is 5. The first-order valence-corrected chi connectivity index (χ1v) is 4.53. The van der Waals surface area contributed by atoms with Gasteiger partial charge < -0.3 is 21.3 Å². The summed E-state index contributed by atoms with van der Waals surface area (Å²) in [5, 5.41) is 8.82. The Balaban J connectivity index is 4.99. The molecule has 0 rings (SSSR count). The van der Waals surface area contributed by atoms with Crippen LogP contribution >= 0.6 is 0 Å². The molecule has 0 aliphatic rings. The van der Waals surface area contributed by atoms with E-state index in [4.69, 9.17) is 21.3 Å². The van der Waals surface area contributed by atoms with Gasteiger partial charge in [0.15, 0.2) is 0 Å². The molecule has 0 aromatic rings. The summed E-state index contributed by atoms with van der Waals surface area (Å²) in [6.45, 7) is 4.66. The Morgan fingerprint density at radius 3 is 1.94 bits per heavy atom. The van der Waals surface area contributed by atoms with Gasteiger partial charge in [0, 0.05) is 0 Å². The van der Waals surface area contributed by atoms with E-state index in [9.17, 15) is 14.4 Å². The Hall–Kier alpha value is -1.63. The predicted molar refractivity (Wildman–Crippen MR) is 54.2 cm³/mol. The van der Waals surface area contributed by atoms with Gasteiger partial charge in [-0.1, -0.05) is 0 Å². The summed E-state index contributed by atoms with van der Waals surface area (Å²) in [6.07, 6.45) is -0.808. The fourth-order valence-electron chi connectivity index (χ4n) is 0.879. The second-order valence-electron chi connectivity index (χ2n) is 4.42. The quantitative estimate of drug-likeness (QED) is 0.420. The van der Waals surface area contributed by atoms with E-state index in [-0.39, 0.29) is 0 Å². The number of primary amides is 1. The van der Waals surface area contributed by atoms with E-state index >= 15 is 0 Å². The van der Waals surface area contributed by atoms with Gasteiger partial charge in [-0.25, -0.2) is 9.59 Å². The molecule has 7 heteroatoms. The van der Waals surface area contributed by atoms with Crippen LogP contribution in [-0.4, -0.2) is 34.1 Å². The molecule has 0 saturated carbocycles. The average molecular weight is 232 g/mol. The zero-order valence-corrected chi connectivity index (χ0v) is 9.44. The molecule has 1 amide bonds. The highest BCUT2D eigenvalue weighted by atomic mass is 16.6. The molecule has 0 aliphatic carbocycles. The van der Waals surface area contributed by atoms with Crippen molar-refractivity contribution in [2.75, 3.05) is 0 Å². The number of carbonyl (C=O) groups excluding carboxylic acids is 2. The summed E-state index contributed by atoms with van der Waals surface area (Å²) >= 11 is 0. The van der Waals surface area contributed by atoms with Gasteiger partial charge in [-0.05, 0) is 20.8 Å². The maximum Gasteiger partial charge on any atom is 0.338 e. The number of carbonyl (C=O) groups is 3. The van der Waals surface area contributed by atoms with E-state index in [1.54, 1.807) is 20.8 Å². The van der Waals surface area contributed by atoms with E-state index < -0.39 is 35.4 Å². The second kappa shape index (κ2) is 4.48. The number of carboxylic acids is 1. The maximum absolute atomic E-state index is 11.5. The van der Waals surface area contributed by atoms with Crippen LogP contribution in [0.4, 0.5) is 0 Å². The molecule has 0 aliphatic heterocycles. The standard InChI is InChI=1S/C9H16N2O5/c1-8(2,3)16-7(15)9(11,6(13)14)4-5(10)12/h4,11H2,1-3H3,(H2,10,12)(H,13,14)/t9-/m0/s1. The van der Waals surface area contributed by atoms with E-state index in [0.29, 0.717) is 0 Å². The van der Waals surface area contributed by atoms with E-state index in [1.165, 1.54) is 0 Å². The third kappa shape index (κ3) is 3.85. The number of aliphatic carboxylic acids is 1. The molecule has 0 aromatic heterocycles. The molecule has 0 fully saturated rings. The highest BCUT2D eigenvalue weighted by molar-refractivity contribution is 6.07. The van der Waals surface area contributed by atoms with Crippen molar-refractivity contribution in [2.45, 2.75) is 38.3 Å². The third-order valence-corrected chi connectivity index (χ3v) is 1.60. The van der Waals surface area contributed by atoms with Crippen molar-refractivity contribution in [3.63, 3.8) is 0 Å². The first-order valence-electron chi connectivity index (χ1n) is 4.53. The van der Waals surface area contributed by atoms with Gasteiger partial charge in [-0.2, -0.15) is 0 Å². The van der Waals surface area contributed by atoms with Crippen LogP contribution in [0.3, 0.4) is 0 Å². The number of rotatable bonds is 4. The van der Waals surface area contributed by atoms with Crippen molar-refractivity contribution in [3.05, 3.63) is 0 Å². The van der Waals surface area contributed by atoms with Gasteiger partial charge in [-0.3, -0.25) is 4.79 Å². The largest absolute Gasteiger partial charge is 0.479 e. The van der Waals surface area contributed by atoms with Gasteiger partial charge in [0.05, 0.1) is 6.42 Å². The highest BCUT2D eigenvalue weighted by Gasteiger charge is 2.46. The highest BCUT2D eigenvalue weighted by Crippen LogP contribution is 2.16. The van der Waals surface area contributed by atoms with Gasteiger partial charge >= 0.3 is 11.9 Å². The summed E-state index contributed by atoms with van der Waals surface area (Å²) in [6, 6.07) is 0. The lowest BCUT2D eigenvalue weighted by Crippen LogP contribution is -2.58. The summed E-state index contributed by atoms with van der Waals surface area (Å²) in [5.74, 6) is -3.83. The van der Waals surface area contributed by atoms with Crippen LogP contribution < -0.4 is 11.5 Å². The minimum atomic E-state index is -2.43. The SMILES string of the molecule is CC(C)(C)OC(=O)[C@](N)(CC(N)=O)C(=O)O. The fourth-order valence-corrected chi connectivity index (χ4v) is 0.879. The average Bonchev–Trinajstić information content (AvgIpc) is 1.98. The molecule has 0 aromatic carbocycles. The smallest absolute Gasteiger partial charge is 0.338 e. The Labute approximate surface area is 92.7 Å². The zero-order valence-electron chi connectivity index (χ0n) is 9.44. The molecule has 5 N–H and O–H groups in total. The molecule has 0 bridgehead atoms. The number of ether oxygens (including phenoxy) is 1. The molecule has 0 saturated heterocycles. The Morgan fingerprint density at radius 1 is 1.25 bits per heavy atom. The Bertz CT molecular complexity index is 320. The third-order valence-electron chi connectivity index (χ3n) is 1.60. The van der Waals surface area contributed by atoms with Crippen LogP contribution in [-0.2, 0) is 19.1 Å². The van der Waals surface area contributed by atoms with Crippen LogP contribution in [0, 0.1) is 0 Å². The fraction of sp³-hybridized carbons (Fsp3) is 0.667. The van der Waals surface area contributed by atoms with Crippen molar-refractivity contribution in [1.29, 1.82) is 0 Å². The second-order valence-corrected chi connectivity index (χ2v) is 4.42. The van der Waals surface area contributed by atoms with Crippen LogP contribution in [0.2, 0.25) is 0 Å². The summed E-state index contributed by atoms with van der Waals surface area (Å²) in [5.41, 5.74) is 6.82. The van der Waals surface area contributed by atoms with Crippen LogP contribution in [0.15, 0.2) is 0 Å². The van der Waals surface area contributed by atoms with Crippen molar-refractivity contribution in [2.24, 2.45) is 11.5 Å². The first kappa shape index (κ1) is 14.4. The van der Waals surface area contributed by atoms with Gasteiger partial charge in [0.2, 0.25) is 11.4 Å². The normalized spacial score (nSPS) is 15.0. The van der Waals surface area contributed by atoms with Gasteiger partial charge in [0.25, 0.3) is 0 Å². The van der Waals surface area contributed by atoms with Gasteiger partial charge in [0.1, 0.15) is 5.60 Å². The molecule has 1 atom stereocenters.